The Morgan fingerprint density at radius 3 is 2.21 bits per heavy atom. The first-order chi connectivity index (χ1) is 8.95. The second kappa shape index (κ2) is 10.6. The van der Waals surface area contributed by atoms with Crippen LogP contribution in [0.25, 0.3) is 0 Å². The molecule has 0 atom stereocenters. The third-order valence-corrected chi connectivity index (χ3v) is 3.61. The second-order valence-corrected chi connectivity index (χ2v) is 5.12. The van der Waals surface area contributed by atoms with Gasteiger partial charge in [-0.2, -0.15) is 0 Å². The summed E-state index contributed by atoms with van der Waals surface area (Å²) in [6.45, 7) is 6.55. The molecule has 19 heavy (non-hydrogen) atoms. The van der Waals surface area contributed by atoms with E-state index in [2.05, 4.69) is 15.8 Å². The van der Waals surface area contributed by atoms with Crippen LogP contribution in [0.1, 0.15) is 39.5 Å². The molecule has 2 N–H and O–H groups in total. The van der Waals surface area contributed by atoms with Gasteiger partial charge in [0.1, 0.15) is 0 Å². The quantitative estimate of drug-likeness (QED) is 0.795. The Balaban J connectivity index is 0.000000256. The zero-order valence-corrected chi connectivity index (χ0v) is 11.3. The van der Waals surface area contributed by atoms with Crippen molar-refractivity contribution < 1.29 is 9.47 Å². The molecule has 0 bridgehead atoms. The molecule has 3 aliphatic rings. The van der Waals surface area contributed by atoms with E-state index in [-0.39, 0.29) is 7.43 Å². The van der Waals surface area contributed by atoms with Crippen LogP contribution in [0.2, 0.25) is 0 Å². The number of morpholine rings is 1. The molecule has 0 radical (unpaired) electrons. The van der Waals surface area contributed by atoms with Gasteiger partial charge in [-0.05, 0) is 12.8 Å². The fourth-order valence-electron chi connectivity index (χ4n) is 2.54. The van der Waals surface area contributed by atoms with Gasteiger partial charge in [0.25, 0.3) is 0 Å². The number of rotatable bonds is 2. The molecule has 3 fully saturated rings. The van der Waals surface area contributed by atoms with Gasteiger partial charge >= 0.3 is 0 Å². The van der Waals surface area contributed by atoms with E-state index in [1.165, 1.54) is 32.1 Å². The lowest BCUT2D eigenvalue weighted by Crippen LogP contribution is -2.50. The Labute approximate surface area is 118 Å². The number of hydrogen-bond donors (Lipinski definition) is 2. The highest BCUT2D eigenvalue weighted by Crippen LogP contribution is 2.17. The highest BCUT2D eigenvalue weighted by Gasteiger charge is 2.17. The largest absolute Gasteiger partial charge is 0.379 e. The molecule has 0 unspecified atom stereocenters. The van der Waals surface area contributed by atoms with Gasteiger partial charge in [-0.1, -0.05) is 26.7 Å². The van der Waals surface area contributed by atoms with E-state index in [0.29, 0.717) is 0 Å². The van der Waals surface area contributed by atoms with Gasteiger partial charge in [0.05, 0.1) is 26.6 Å². The summed E-state index contributed by atoms with van der Waals surface area (Å²) in [5.74, 6) is 0. The lowest BCUT2D eigenvalue weighted by atomic mass is 9.96. The van der Waals surface area contributed by atoms with Crippen molar-refractivity contribution in [3.05, 3.63) is 0 Å². The first kappa shape index (κ1) is 16.9. The number of nitrogens with one attached hydrogen (secondary N) is 2. The van der Waals surface area contributed by atoms with E-state index < -0.39 is 0 Å². The van der Waals surface area contributed by atoms with Crippen molar-refractivity contribution in [3.8, 4) is 0 Å². The van der Waals surface area contributed by atoms with Crippen LogP contribution in [0.15, 0.2) is 0 Å². The van der Waals surface area contributed by atoms with E-state index in [1.807, 2.05) is 0 Å². The van der Waals surface area contributed by atoms with Crippen LogP contribution in [0, 0.1) is 0 Å². The molecule has 0 aromatic rings. The number of hydrogen-bond acceptors (Lipinski definition) is 5. The van der Waals surface area contributed by atoms with E-state index in [0.717, 1.165) is 52.2 Å². The Morgan fingerprint density at radius 2 is 1.68 bits per heavy atom. The summed E-state index contributed by atoms with van der Waals surface area (Å²) in [5.41, 5.74) is 3.61. The summed E-state index contributed by atoms with van der Waals surface area (Å²) in [5, 5.41) is 5.33. The number of nitrogens with zero attached hydrogens (tertiary/aromatic N) is 1. The summed E-state index contributed by atoms with van der Waals surface area (Å²) in [6, 6.07) is 0.742. The fourth-order valence-corrected chi connectivity index (χ4v) is 2.54. The predicted octanol–water partition coefficient (Wildman–Crippen LogP) is 1.36. The standard InChI is InChI=1S/C10H20N2O.C3H7NO.CH4/c1-2-4-10(5-3-1)11-12-6-8-13-9-7-12;1-2-5-3-4-1;/h10-11H,1-9H2;4H,1-3H2;1H4. The van der Waals surface area contributed by atoms with E-state index in [4.69, 9.17) is 9.47 Å². The maximum absolute atomic E-state index is 5.31. The van der Waals surface area contributed by atoms with Crippen LogP contribution < -0.4 is 10.7 Å². The van der Waals surface area contributed by atoms with Crippen molar-refractivity contribution in [1.82, 2.24) is 15.8 Å². The smallest absolute Gasteiger partial charge is 0.0966 e. The molecule has 2 saturated heterocycles. The average molecular weight is 273 g/mol. The Morgan fingerprint density at radius 1 is 0.947 bits per heavy atom. The number of hydrazine groups is 1. The zero-order chi connectivity index (χ0) is 12.5. The van der Waals surface area contributed by atoms with Crippen LogP contribution in [-0.2, 0) is 9.47 Å². The minimum atomic E-state index is 0. The molecule has 0 aromatic heterocycles. The SMILES string of the molecule is C.C1CCC(NN2CCOCC2)CC1.C1COCN1. The maximum atomic E-state index is 5.31. The van der Waals surface area contributed by atoms with Crippen molar-refractivity contribution in [2.75, 3.05) is 46.2 Å². The third kappa shape index (κ3) is 7.22. The van der Waals surface area contributed by atoms with E-state index >= 15 is 0 Å². The van der Waals surface area contributed by atoms with Crippen LogP contribution >= 0.6 is 0 Å². The molecule has 2 heterocycles. The molecular weight excluding hydrogens is 242 g/mol. The highest BCUT2D eigenvalue weighted by molar-refractivity contribution is 4.71. The Bertz CT molecular complexity index is 177. The van der Waals surface area contributed by atoms with Crippen molar-refractivity contribution in [1.29, 1.82) is 0 Å². The summed E-state index contributed by atoms with van der Waals surface area (Å²) in [4.78, 5) is 0. The van der Waals surface area contributed by atoms with Crippen molar-refractivity contribution in [3.63, 3.8) is 0 Å². The molecule has 0 amide bonds. The van der Waals surface area contributed by atoms with Gasteiger partial charge in [0.2, 0.25) is 0 Å². The predicted molar refractivity (Wildman–Crippen MR) is 78.0 cm³/mol. The molecule has 1 aliphatic carbocycles. The Kier molecular flexibility index (Phi) is 9.38. The lowest BCUT2D eigenvalue weighted by molar-refractivity contribution is 0.000392. The highest BCUT2D eigenvalue weighted by atomic mass is 16.5. The molecular formula is C14H31N3O2. The van der Waals surface area contributed by atoms with Crippen LogP contribution in [0.4, 0.5) is 0 Å². The lowest BCUT2D eigenvalue weighted by Gasteiger charge is -2.33. The Hall–Kier alpha value is -0.200. The van der Waals surface area contributed by atoms with Crippen LogP contribution in [0.5, 0.6) is 0 Å². The topological polar surface area (TPSA) is 45.8 Å². The molecule has 1 saturated carbocycles. The summed E-state index contributed by atoms with van der Waals surface area (Å²) in [6.07, 6.45) is 6.96. The van der Waals surface area contributed by atoms with Gasteiger partial charge in [0, 0.05) is 25.7 Å². The minimum Gasteiger partial charge on any atom is -0.379 e. The normalized spacial score (nSPS) is 25.3. The summed E-state index contributed by atoms with van der Waals surface area (Å²) < 4.78 is 10.1. The van der Waals surface area contributed by atoms with Gasteiger partial charge in [0.15, 0.2) is 0 Å². The van der Waals surface area contributed by atoms with Gasteiger partial charge in [-0.15, -0.1) is 0 Å². The molecule has 0 aromatic carbocycles. The first-order valence-electron chi connectivity index (χ1n) is 7.32. The average Bonchev–Trinajstić information content (AvgIpc) is 3.00. The molecule has 114 valence electrons. The van der Waals surface area contributed by atoms with Crippen molar-refractivity contribution in [2.24, 2.45) is 0 Å². The van der Waals surface area contributed by atoms with Gasteiger partial charge in [-0.3, -0.25) is 10.7 Å². The fraction of sp³-hybridized carbons (Fsp3) is 1.00. The maximum Gasteiger partial charge on any atom is 0.0966 e. The van der Waals surface area contributed by atoms with Crippen LogP contribution in [0.3, 0.4) is 0 Å². The van der Waals surface area contributed by atoms with Gasteiger partial charge in [-0.25, -0.2) is 5.01 Å². The number of ether oxygens (including phenoxy) is 2. The van der Waals surface area contributed by atoms with Crippen molar-refractivity contribution >= 4 is 0 Å². The second-order valence-electron chi connectivity index (χ2n) is 5.12. The molecule has 0 spiro atoms. The zero-order valence-electron chi connectivity index (χ0n) is 11.3. The molecule has 2 aliphatic heterocycles. The molecule has 5 nitrogen and oxygen atoms in total. The van der Waals surface area contributed by atoms with Crippen LogP contribution in [-0.4, -0.2) is 57.2 Å². The summed E-state index contributed by atoms with van der Waals surface area (Å²) in [7, 11) is 0. The van der Waals surface area contributed by atoms with E-state index in [1.54, 1.807) is 0 Å². The van der Waals surface area contributed by atoms with Crippen molar-refractivity contribution in [2.45, 2.75) is 45.6 Å². The third-order valence-electron chi connectivity index (χ3n) is 3.61. The molecule has 5 heteroatoms. The van der Waals surface area contributed by atoms with Gasteiger partial charge < -0.3 is 9.47 Å². The first-order valence-corrected chi connectivity index (χ1v) is 7.32. The minimum absolute atomic E-state index is 0. The summed E-state index contributed by atoms with van der Waals surface area (Å²) >= 11 is 0. The molecule has 3 rings (SSSR count). The van der Waals surface area contributed by atoms with E-state index in [9.17, 15) is 0 Å². The monoisotopic (exact) mass is 273 g/mol.